The molecule has 0 radical (unpaired) electrons. The van der Waals surface area contributed by atoms with E-state index >= 15 is 0 Å². The van der Waals surface area contributed by atoms with E-state index in [-0.39, 0.29) is 0 Å². The molecule has 0 fully saturated rings. The second-order valence-corrected chi connectivity index (χ2v) is 3.68. The molecule has 0 amide bonds. The van der Waals surface area contributed by atoms with Gasteiger partial charge in [0, 0.05) is 0 Å². The molecule has 1 atom stereocenters. The highest BCUT2D eigenvalue weighted by Gasteiger charge is 2.22. The van der Waals surface area contributed by atoms with Gasteiger partial charge < -0.3 is 35.8 Å². The molecule has 0 spiro atoms. The standard InChI is InChI=1S/C5H12N2O2.H4O4Si/c6-3-1-2-4(7)5(8)9;1-5(2,3)4/h4H,1-3,6-7H2,(H,8,9);1-4H. The predicted octanol–water partition coefficient (Wildman–Crippen LogP) is -3.47. The maximum Gasteiger partial charge on any atom is 0.668 e. The maximum absolute atomic E-state index is 10.0. The van der Waals surface area contributed by atoms with Crippen LogP contribution in [-0.2, 0) is 4.79 Å². The maximum atomic E-state index is 10.0. The van der Waals surface area contributed by atoms with Gasteiger partial charge >= 0.3 is 15.0 Å². The minimum absolute atomic E-state index is 0.464. The molecule has 0 aromatic heterocycles. The van der Waals surface area contributed by atoms with Crippen LogP contribution in [-0.4, -0.2) is 51.9 Å². The summed E-state index contributed by atoms with van der Waals surface area (Å²) in [6, 6.07) is -0.742. The van der Waals surface area contributed by atoms with Crippen LogP contribution >= 0.6 is 0 Å². The van der Waals surface area contributed by atoms with Crippen LogP contribution in [0, 0.1) is 0 Å². The Hall–Kier alpha value is -0.553. The fourth-order valence-corrected chi connectivity index (χ4v) is 0.461. The molecule has 0 rings (SSSR count). The van der Waals surface area contributed by atoms with Crippen LogP contribution in [0.4, 0.5) is 0 Å². The van der Waals surface area contributed by atoms with E-state index in [1.165, 1.54) is 0 Å². The van der Waals surface area contributed by atoms with Crippen molar-refractivity contribution < 1.29 is 29.1 Å². The molecule has 8 nitrogen and oxygen atoms in total. The topological polar surface area (TPSA) is 170 Å². The van der Waals surface area contributed by atoms with E-state index in [0.29, 0.717) is 19.4 Å². The van der Waals surface area contributed by atoms with Gasteiger partial charge in [0.15, 0.2) is 0 Å². The summed E-state index contributed by atoms with van der Waals surface area (Å²) in [6.07, 6.45) is 1.14. The molecule has 0 saturated heterocycles. The Kier molecular flexibility index (Phi) is 8.87. The SMILES string of the molecule is NCCCC(N)C(=O)O.O[Si](O)(O)O. The highest BCUT2D eigenvalue weighted by atomic mass is 28.4. The van der Waals surface area contributed by atoms with E-state index in [4.69, 9.17) is 35.8 Å². The smallest absolute Gasteiger partial charge is 0.480 e. The zero-order valence-corrected chi connectivity index (χ0v) is 8.50. The van der Waals surface area contributed by atoms with Crippen LogP contribution in [0.1, 0.15) is 12.8 Å². The Morgan fingerprint density at radius 1 is 1.29 bits per heavy atom. The van der Waals surface area contributed by atoms with E-state index in [1.54, 1.807) is 0 Å². The molecule has 9 N–H and O–H groups in total. The van der Waals surface area contributed by atoms with Gasteiger partial charge in [-0.15, -0.1) is 0 Å². The van der Waals surface area contributed by atoms with Crippen molar-refractivity contribution in [2.45, 2.75) is 18.9 Å². The van der Waals surface area contributed by atoms with Crippen LogP contribution in [0.2, 0.25) is 0 Å². The lowest BCUT2D eigenvalue weighted by atomic mass is 10.2. The van der Waals surface area contributed by atoms with Gasteiger partial charge in [-0.25, -0.2) is 0 Å². The Bertz CT molecular complexity index is 155. The molecule has 0 aromatic carbocycles. The fraction of sp³-hybridized carbons (Fsp3) is 0.800. The van der Waals surface area contributed by atoms with Crippen molar-refractivity contribution in [1.29, 1.82) is 0 Å². The molecule has 0 saturated carbocycles. The lowest BCUT2D eigenvalue weighted by Crippen LogP contribution is -2.33. The van der Waals surface area contributed by atoms with Gasteiger partial charge in [-0.05, 0) is 19.4 Å². The van der Waals surface area contributed by atoms with Gasteiger partial charge in [0.2, 0.25) is 0 Å². The van der Waals surface area contributed by atoms with Crippen LogP contribution in [0.5, 0.6) is 0 Å². The number of carboxylic acids is 1. The summed E-state index contributed by atoms with van der Waals surface area (Å²) in [7, 11) is -4.61. The van der Waals surface area contributed by atoms with Crippen LogP contribution < -0.4 is 11.5 Å². The molecular formula is C5H16N2O6Si. The monoisotopic (exact) mass is 228 g/mol. The van der Waals surface area contributed by atoms with Gasteiger partial charge in [0.05, 0.1) is 0 Å². The quantitative estimate of drug-likeness (QED) is 0.243. The third kappa shape index (κ3) is 22.5. The highest BCUT2D eigenvalue weighted by Crippen LogP contribution is 1.91. The van der Waals surface area contributed by atoms with Crippen LogP contribution in [0.25, 0.3) is 0 Å². The van der Waals surface area contributed by atoms with E-state index in [0.717, 1.165) is 0 Å². The van der Waals surface area contributed by atoms with Crippen LogP contribution in [0.3, 0.4) is 0 Å². The second kappa shape index (κ2) is 7.81. The number of carboxylic acid groups (broad SMARTS) is 1. The first-order valence-electron chi connectivity index (χ1n) is 3.76. The largest absolute Gasteiger partial charge is 0.668 e. The van der Waals surface area contributed by atoms with E-state index in [1.807, 2.05) is 0 Å². The van der Waals surface area contributed by atoms with Gasteiger partial charge in [0.25, 0.3) is 0 Å². The third-order valence-electron chi connectivity index (χ3n) is 1.04. The van der Waals surface area contributed by atoms with E-state index < -0.39 is 21.1 Å². The van der Waals surface area contributed by atoms with Crippen LogP contribution in [0.15, 0.2) is 0 Å². The molecule has 9 heteroatoms. The summed E-state index contributed by atoms with van der Waals surface area (Å²) in [5, 5.41) is 8.24. The first-order chi connectivity index (χ1) is 6.18. The van der Waals surface area contributed by atoms with Gasteiger partial charge in [-0.2, -0.15) is 0 Å². The molecule has 0 aliphatic heterocycles. The van der Waals surface area contributed by atoms with Crippen molar-refractivity contribution >= 4 is 15.0 Å². The Morgan fingerprint density at radius 3 is 1.86 bits per heavy atom. The lowest BCUT2D eigenvalue weighted by molar-refractivity contribution is -0.138. The molecule has 0 aliphatic carbocycles. The zero-order valence-electron chi connectivity index (χ0n) is 7.50. The number of rotatable bonds is 4. The molecular weight excluding hydrogens is 212 g/mol. The van der Waals surface area contributed by atoms with Crippen molar-refractivity contribution in [3.8, 4) is 0 Å². The minimum Gasteiger partial charge on any atom is -0.480 e. The molecule has 0 heterocycles. The van der Waals surface area contributed by atoms with Gasteiger partial charge in [-0.1, -0.05) is 0 Å². The number of aliphatic carboxylic acids is 1. The first kappa shape index (κ1) is 15.9. The minimum atomic E-state index is -4.61. The van der Waals surface area contributed by atoms with Crippen molar-refractivity contribution in [2.75, 3.05) is 6.54 Å². The van der Waals surface area contributed by atoms with Crippen molar-refractivity contribution in [2.24, 2.45) is 11.5 Å². The number of nitrogens with two attached hydrogens (primary N) is 2. The summed E-state index contributed by atoms with van der Waals surface area (Å²) < 4.78 is 0. The Morgan fingerprint density at radius 2 is 1.64 bits per heavy atom. The Labute approximate surface area is 81.9 Å². The molecule has 86 valence electrons. The van der Waals surface area contributed by atoms with E-state index in [9.17, 15) is 4.79 Å². The number of hydrogen-bond donors (Lipinski definition) is 7. The zero-order chi connectivity index (χ0) is 11.8. The fourth-order valence-electron chi connectivity index (χ4n) is 0.461. The third-order valence-corrected chi connectivity index (χ3v) is 1.04. The first-order valence-corrected chi connectivity index (χ1v) is 5.55. The number of carbonyl (C=O) groups is 1. The Balaban J connectivity index is 0. The summed E-state index contributed by atoms with van der Waals surface area (Å²) in [4.78, 5) is 39.3. The van der Waals surface area contributed by atoms with Crippen molar-refractivity contribution in [3.63, 3.8) is 0 Å². The summed E-state index contributed by atoms with van der Waals surface area (Å²) in [5.74, 6) is -0.955. The molecule has 0 aromatic rings. The van der Waals surface area contributed by atoms with Gasteiger partial charge in [-0.3, -0.25) is 4.79 Å². The second-order valence-electron chi connectivity index (χ2n) is 2.48. The van der Waals surface area contributed by atoms with Crippen molar-refractivity contribution in [3.05, 3.63) is 0 Å². The molecule has 14 heavy (non-hydrogen) atoms. The highest BCUT2D eigenvalue weighted by molar-refractivity contribution is 6.46. The number of hydrogen-bond acceptors (Lipinski definition) is 7. The van der Waals surface area contributed by atoms with Crippen molar-refractivity contribution in [1.82, 2.24) is 0 Å². The average molecular weight is 228 g/mol. The lowest BCUT2D eigenvalue weighted by Gasteiger charge is -2.02. The summed E-state index contributed by atoms with van der Waals surface area (Å²) >= 11 is 0. The van der Waals surface area contributed by atoms with E-state index in [2.05, 4.69) is 0 Å². The molecule has 0 aliphatic rings. The van der Waals surface area contributed by atoms with Gasteiger partial charge in [0.1, 0.15) is 6.04 Å². The normalized spacial score (nSPS) is 12.7. The molecule has 1 unspecified atom stereocenters. The molecule has 0 bridgehead atoms. The summed E-state index contributed by atoms with van der Waals surface area (Å²) in [6.45, 7) is 0.501. The average Bonchev–Trinajstić information content (AvgIpc) is 1.96. The predicted molar refractivity (Wildman–Crippen MR) is 48.5 cm³/mol. The summed E-state index contributed by atoms with van der Waals surface area (Å²) in [5.41, 5.74) is 10.3.